The second-order valence-electron chi connectivity index (χ2n) is 3.38. The van der Waals surface area contributed by atoms with Crippen LogP contribution in [0.2, 0.25) is 0 Å². The molecule has 0 aromatic carbocycles. The summed E-state index contributed by atoms with van der Waals surface area (Å²) < 4.78 is 0. The highest BCUT2D eigenvalue weighted by atomic mass is 16.3. The summed E-state index contributed by atoms with van der Waals surface area (Å²) in [6.45, 7) is 0.0812. The molecule has 0 heterocycles. The van der Waals surface area contributed by atoms with Gasteiger partial charge in [-0.15, -0.1) is 0 Å². The lowest BCUT2D eigenvalue weighted by molar-refractivity contribution is -0.126. The first-order valence-corrected chi connectivity index (χ1v) is 4.56. The minimum atomic E-state index is -0.236. The van der Waals surface area contributed by atoms with Gasteiger partial charge in [-0.25, -0.2) is 0 Å². The Morgan fingerprint density at radius 1 is 1.46 bits per heavy atom. The average molecular weight is 182 g/mol. The molecule has 0 bridgehead atoms. The largest absolute Gasteiger partial charge is 0.393 e. The molecule has 72 valence electrons. The predicted octanol–water partition coefficient (Wildman–Crippen LogP) is 0.177. The Bertz CT molecular complexity index is 214. The van der Waals surface area contributed by atoms with Gasteiger partial charge in [0.25, 0.3) is 0 Å². The van der Waals surface area contributed by atoms with Crippen LogP contribution in [0.5, 0.6) is 0 Å². The van der Waals surface area contributed by atoms with Gasteiger partial charge in [-0.05, 0) is 25.7 Å². The Balaban J connectivity index is 2.28. The molecular weight excluding hydrogens is 168 g/mol. The Morgan fingerprint density at radius 2 is 2.08 bits per heavy atom. The van der Waals surface area contributed by atoms with Crippen LogP contribution in [0.3, 0.4) is 0 Å². The number of nitriles is 1. The zero-order chi connectivity index (χ0) is 9.68. The van der Waals surface area contributed by atoms with Gasteiger partial charge >= 0.3 is 0 Å². The molecule has 4 nitrogen and oxygen atoms in total. The van der Waals surface area contributed by atoms with Gasteiger partial charge in [-0.1, -0.05) is 0 Å². The van der Waals surface area contributed by atoms with Crippen molar-refractivity contribution in [1.82, 2.24) is 5.32 Å². The molecule has 1 amide bonds. The van der Waals surface area contributed by atoms with Crippen LogP contribution in [0, 0.1) is 17.2 Å². The zero-order valence-electron chi connectivity index (χ0n) is 7.49. The summed E-state index contributed by atoms with van der Waals surface area (Å²) in [6.07, 6.45) is 2.63. The summed E-state index contributed by atoms with van der Waals surface area (Å²) in [5.41, 5.74) is 0. The molecule has 1 saturated carbocycles. The molecule has 0 aromatic heterocycles. The summed E-state index contributed by atoms with van der Waals surface area (Å²) in [4.78, 5) is 11.3. The second kappa shape index (κ2) is 4.83. The SMILES string of the molecule is N#CCNC(=O)C1CCC(O)CC1. The lowest BCUT2D eigenvalue weighted by Gasteiger charge is -2.23. The van der Waals surface area contributed by atoms with Crippen molar-refractivity contribution in [3.63, 3.8) is 0 Å². The number of hydrogen-bond donors (Lipinski definition) is 2. The van der Waals surface area contributed by atoms with E-state index in [-0.39, 0.29) is 24.5 Å². The van der Waals surface area contributed by atoms with Gasteiger partial charge in [-0.2, -0.15) is 5.26 Å². The number of aliphatic hydroxyl groups is 1. The summed E-state index contributed by atoms with van der Waals surface area (Å²) >= 11 is 0. The van der Waals surface area contributed by atoms with Crippen LogP contribution < -0.4 is 5.32 Å². The van der Waals surface area contributed by atoms with E-state index in [1.807, 2.05) is 6.07 Å². The van der Waals surface area contributed by atoms with E-state index >= 15 is 0 Å². The topological polar surface area (TPSA) is 73.1 Å². The summed E-state index contributed by atoms with van der Waals surface area (Å²) in [6, 6.07) is 1.87. The molecule has 0 radical (unpaired) electrons. The molecule has 0 unspecified atom stereocenters. The summed E-state index contributed by atoms with van der Waals surface area (Å²) in [5.74, 6) is -0.0507. The molecule has 0 spiro atoms. The summed E-state index contributed by atoms with van der Waals surface area (Å²) in [7, 11) is 0. The number of carbonyl (C=O) groups excluding carboxylic acids is 1. The third kappa shape index (κ3) is 3.03. The van der Waals surface area contributed by atoms with Crippen molar-refractivity contribution in [2.45, 2.75) is 31.8 Å². The first-order chi connectivity index (χ1) is 6.24. The van der Waals surface area contributed by atoms with E-state index in [0.717, 1.165) is 12.8 Å². The van der Waals surface area contributed by atoms with Gasteiger partial charge in [0, 0.05) is 5.92 Å². The molecule has 1 aliphatic rings. The lowest BCUT2D eigenvalue weighted by atomic mass is 9.87. The number of nitrogens with zero attached hydrogens (tertiary/aromatic N) is 1. The number of amides is 1. The van der Waals surface area contributed by atoms with E-state index < -0.39 is 0 Å². The first kappa shape index (κ1) is 10.0. The normalized spacial score (nSPS) is 27.7. The van der Waals surface area contributed by atoms with Crippen molar-refractivity contribution in [2.75, 3.05) is 6.54 Å². The van der Waals surface area contributed by atoms with E-state index in [9.17, 15) is 9.90 Å². The summed E-state index contributed by atoms with van der Waals surface area (Å²) in [5, 5.41) is 20.0. The van der Waals surface area contributed by atoms with Crippen LogP contribution in [0.15, 0.2) is 0 Å². The van der Waals surface area contributed by atoms with Gasteiger partial charge < -0.3 is 10.4 Å². The standard InChI is InChI=1S/C9H14N2O2/c10-5-6-11-9(13)7-1-3-8(12)4-2-7/h7-8,12H,1-4,6H2,(H,11,13). The van der Waals surface area contributed by atoms with Crippen molar-refractivity contribution in [1.29, 1.82) is 5.26 Å². The predicted molar refractivity (Wildman–Crippen MR) is 46.6 cm³/mol. The number of carbonyl (C=O) groups is 1. The van der Waals surface area contributed by atoms with Crippen LogP contribution in [0.4, 0.5) is 0 Å². The monoisotopic (exact) mass is 182 g/mol. The fraction of sp³-hybridized carbons (Fsp3) is 0.778. The van der Waals surface area contributed by atoms with Gasteiger partial charge in [0.05, 0.1) is 12.2 Å². The highest BCUT2D eigenvalue weighted by Crippen LogP contribution is 2.23. The van der Waals surface area contributed by atoms with Gasteiger partial charge in [0.1, 0.15) is 6.54 Å². The fourth-order valence-corrected chi connectivity index (χ4v) is 1.61. The van der Waals surface area contributed by atoms with Crippen LogP contribution in [0.25, 0.3) is 0 Å². The molecule has 0 aromatic rings. The van der Waals surface area contributed by atoms with E-state index in [1.165, 1.54) is 0 Å². The molecule has 4 heteroatoms. The number of rotatable bonds is 2. The van der Waals surface area contributed by atoms with Gasteiger partial charge in [-0.3, -0.25) is 4.79 Å². The van der Waals surface area contributed by atoms with Crippen molar-refractivity contribution in [2.24, 2.45) is 5.92 Å². The quantitative estimate of drug-likeness (QED) is 0.598. The van der Waals surface area contributed by atoms with E-state index in [0.29, 0.717) is 12.8 Å². The van der Waals surface area contributed by atoms with Crippen molar-refractivity contribution < 1.29 is 9.90 Å². The number of nitrogens with one attached hydrogen (secondary N) is 1. The van der Waals surface area contributed by atoms with E-state index in [2.05, 4.69) is 5.32 Å². The maximum atomic E-state index is 11.3. The highest BCUT2D eigenvalue weighted by Gasteiger charge is 2.24. The third-order valence-corrected chi connectivity index (χ3v) is 2.41. The molecule has 13 heavy (non-hydrogen) atoms. The molecule has 0 saturated heterocycles. The second-order valence-corrected chi connectivity index (χ2v) is 3.38. The zero-order valence-corrected chi connectivity index (χ0v) is 7.49. The van der Waals surface area contributed by atoms with E-state index in [1.54, 1.807) is 0 Å². The Hall–Kier alpha value is -1.08. The molecular formula is C9H14N2O2. The van der Waals surface area contributed by atoms with Gasteiger partial charge in [0.2, 0.25) is 5.91 Å². The molecule has 0 aliphatic heterocycles. The van der Waals surface area contributed by atoms with Gasteiger partial charge in [0.15, 0.2) is 0 Å². The third-order valence-electron chi connectivity index (χ3n) is 2.41. The molecule has 1 rings (SSSR count). The minimum absolute atomic E-state index is 0.00301. The number of aliphatic hydroxyl groups excluding tert-OH is 1. The molecule has 2 N–H and O–H groups in total. The Kier molecular flexibility index (Phi) is 3.71. The maximum Gasteiger partial charge on any atom is 0.223 e. The maximum absolute atomic E-state index is 11.3. The van der Waals surface area contributed by atoms with E-state index in [4.69, 9.17) is 5.26 Å². The Morgan fingerprint density at radius 3 is 2.62 bits per heavy atom. The van der Waals surface area contributed by atoms with Crippen molar-refractivity contribution in [3.05, 3.63) is 0 Å². The molecule has 1 aliphatic carbocycles. The smallest absolute Gasteiger partial charge is 0.223 e. The van der Waals surface area contributed by atoms with Crippen LogP contribution >= 0.6 is 0 Å². The lowest BCUT2D eigenvalue weighted by Crippen LogP contribution is -2.34. The average Bonchev–Trinajstić information content (AvgIpc) is 2.15. The number of hydrogen-bond acceptors (Lipinski definition) is 3. The molecule has 1 fully saturated rings. The van der Waals surface area contributed by atoms with Crippen LogP contribution in [-0.4, -0.2) is 23.7 Å². The highest BCUT2D eigenvalue weighted by molar-refractivity contribution is 5.78. The Labute approximate surface area is 77.6 Å². The van der Waals surface area contributed by atoms with Crippen molar-refractivity contribution in [3.8, 4) is 6.07 Å². The van der Waals surface area contributed by atoms with Crippen LogP contribution in [-0.2, 0) is 4.79 Å². The fourth-order valence-electron chi connectivity index (χ4n) is 1.61. The van der Waals surface area contributed by atoms with Crippen molar-refractivity contribution >= 4 is 5.91 Å². The van der Waals surface area contributed by atoms with Crippen LogP contribution in [0.1, 0.15) is 25.7 Å². The molecule has 0 atom stereocenters. The minimum Gasteiger partial charge on any atom is -0.393 e. The first-order valence-electron chi connectivity index (χ1n) is 4.56.